The quantitative estimate of drug-likeness (QED) is 0.840. The van der Waals surface area contributed by atoms with E-state index in [1.807, 2.05) is 0 Å². The summed E-state index contributed by atoms with van der Waals surface area (Å²) in [4.78, 5) is 0. The fourth-order valence-electron chi connectivity index (χ4n) is 2.31. The molecule has 0 radical (unpaired) electrons. The topological polar surface area (TPSA) is 12.0 Å². The molecule has 0 aromatic heterocycles. The highest BCUT2D eigenvalue weighted by molar-refractivity contribution is 9.10. The van der Waals surface area contributed by atoms with Gasteiger partial charge in [-0.1, -0.05) is 22.9 Å². The van der Waals surface area contributed by atoms with Crippen LogP contribution in [-0.4, -0.2) is 12.6 Å². The Bertz CT molecular complexity index is 376. The summed E-state index contributed by atoms with van der Waals surface area (Å²) in [5.41, 5.74) is 1.08. The minimum Gasteiger partial charge on any atom is -0.314 e. The Morgan fingerprint density at radius 3 is 2.88 bits per heavy atom. The van der Waals surface area contributed by atoms with Gasteiger partial charge in [-0.2, -0.15) is 0 Å². The van der Waals surface area contributed by atoms with Gasteiger partial charge in [-0.25, -0.2) is 4.39 Å². The van der Waals surface area contributed by atoms with Gasteiger partial charge >= 0.3 is 0 Å². The molecule has 0 amide bonds. The molecule has 17 heavy (non-hydrogen) atoms. The van der Waals surface area contributed by atoms with E-state index in [9.17, 15) is 4.39 Å². The number of nitrogens with one attached hydrogen (secondary N) is 1. The van der Waals surface area contributed by atoms with Gasteiger partial charge in [-0.15, -0.1) is 0 Å². The second kappa shape index (κ2) is 5.96. The van der Waals surface area contributed by atoms with Crippen molar-refractivity contribution < 1.29 is 4.39 Å². The van der Waals surface area contributed by atoms with Crippen molar-refractivity contribution in [3.8, 4) is 0 Å². The summed E-state index contributed by atoms with van der Waals surface area (Å²) in [6, 6.07) is 5.54. The fraction of sp³-hybridized carbons (Fsp3) is 0.571. The SMILES string of the molecule is CCNC(CCc1cc(F)ccc1Br)C1CC1. The van der Waals surface area contributed by atoms with Crippen molar-refractivity contribution in [2.45, 2.75) is 38.6 Å². The van der Waals surface area contributed by atoms with Crippen LogP contribution in [0.15, 0.2) is 22.7 Å². The summed E-state index contributed by atoms with van der Waals surface area (Å²) in [5, 5.41) is 3.54. The number of halogens is 2. The highest BCUT2D eigenvalue weighted by Gasteiger charge is 2.30. The van der Waals surface area contributed by atoms with Gasteiger partial charge in [-0.3, -0.25) is 0 Å². The van der Waals surface area contributed by atoms with Crippen LogP contribution in [0.1, 0.15) is 31.7 Å². The number of aryl methyl sites for hydroxylation is 1. The summed E-state index contributed by atoms with van der Waals surface area (Å²) in [6.07, 6.45) is 4.73. The Morgan fingerprint density at radius 1 is 1.47 bits per heavy atom. The van der Waals surface area contributed by atoms with Gasteiger partial charge in [0.1, 0.15) is 5.82 Å². The Labute approximate surface area is 111 Å². The molecule has 0 heterocycles. The van der Waals surface area contributed by atoms with Gasteiger partial charge in [0, 0.05) is 10.5 Å². The minimum absolute atomic E-state index is 0.144. The minimum atomic E-state index is -0.144. The number of rotatable bonds is 6. The lowest BCUT2D eigenvalue weighted by atomic mass is 10.0. The summed E-state index contributed by atoms with van der Waals surface area (Å²) in [7, 11) is 0. The van der Waals surface area contributed by atoms with E-state index in [1.54, 1.807) is 12.1 Å². The molecule has 2 rings (SSSR count). The number of benzene rings is 1. The molecule has 1 unspecified atom stereocenters. The molecule has 0 bridgehead atoms. The molecule has 1 aliphatic rings. The van der Waals surface area contributed by atoms with E-state index in [0.717, 1.165) is 35.3 Å². The maximum atomic E-state index is 13.2. The maximum Gasteiger partial charge on any atom is 0.123 e. The standard InChI is InChI=1S/C14H19BrFN/c1-2-17-14(10-3-4-10)8-5-11-9-12(16)6-7-13(11)15/h6-7,9-10,14,17H,2-5,8H2,1H3. The van der Waals surface area contributed by atoms with Gasteiger partial charge in [0.15, 0.2) is 0 Å². The first-order valence-electron chi connectivity index (χ1n) is 6.38. The molecule has 1 fully saturated rings. The summed E-state index contributed by atoms with van der Waals surface area (Å²) >= 11 is 3.49. The van der Waals surface area contributed by atoms with Gasteiger partial charge in [0.25, 0.3) is 0 Å². The van der Waals surface area contributed by atoms with E-state index in [4.69, 9.17) is 0 Å². The van der Waals surface area contributed by atoms with E-state index in [1.165, 1.54) is 18.9 Å². The highest BCUT2D eigenvalue weighted by Crippen LogP contribution is 2.34. The lowest BCUT2D eigenvalue weighted by molar-refractivity contribution is 0.445. The van der Waals surface area contributed by atoms with Gasteiger partial charge < -0.3 is 5.32 Å². The molecule has 0 saturated heterocycles. The third kappa shape index (κ3) is 3.78. The smallest absolute Gasteiger partial charge is 0.123 e. The normalized spacial score (nSPS) is 17.1. The predicted octanol–water partition coefficient (Wildman–Crippen LogP) is 3.91. The van der Waals surface area contributed by atoms with Crippen molar-refractivity contribution >= 4 is 15.9 Å². The van der Waals surface area contributed by atoms with Crippen molar-refractivity contribution in [1.29, 1.82) is 0 Å². The number of hydrogen-bond acceptors (Lipinski definition) is 1. The monoisotopic (exact) mass is 299 g/mol. The maximum absolute atomic E-state index is 13.2. The van der Waals surface area contributed by atoms with E-state index < -0.39 is 0 Å². The largest absolute Gasteiger partial charge is 0.314 e. The van der Waals surface area contributed by atoms with Crippen LogP contribution in [0.2, 0.25) is 0 Å². The Morgan fingerprint density at radius 2 is 2.24 bits per heavy atom. The molecule has 1 nitrogen and oxygen atoms in total. The first-order valence-corrected chi connectivity index (χ1v) is 7.17. The highest BCUT2D eigenvalue weighted by atomic mass is 79.9. The average molecular weight is 300 g/mol. The first kappa shape index (κ1) is 13.0. The van der Waals surface area contributed by atoms with Crippen molar-refractivity contribution in [3.05, 3.63) is 34.1 Å². The van der Waals surface area contributed by atoms with Crippen LogP contribution >= 0.6 is 15.9 Å². The van der Waals surface area contributed by atoms with Crippen molar-refractivity contribution in [3.63, 3.8) is 0 Å². The van der Waals surface area contributed by atoms with E-state index in [0.29, 0.717) is 6.04 Å². The Hall–Kier alpha value is -0.410. The summed E-state index contributed by atoms with van der Waals surface area (Å²) < 4.78 is 14.2. The molecular weight excluding hydrogens is 281 g/mol. The van der Waals surface area contributed by atoms with Crippen LogP contribution in [0.5, 0.6) is 0 Å². The molecule has 1 atom stereocenters. The summed E-state index contributed by atoms with van der Waals surface area (Å²) in [6.45, 7) is 3.17. The molecule has 1 aromatic rings. The molecule has 0 spiro atoms. The fourth-order valence-corrected chi connectivity index (χ4v) is 2.76. The molecule has 1 aliphatic carbocycles. The summed E-state index contributed by atoms with van der Waals surface area (Å²) in [5.74, 6) is 0.705. The zero-order valence-corrected chi connectivity index (χ0v) is 11.8. The predicted molar refractivity (Wildman–Crippen MR) is 72.6 cm³/mol. The van der Waals surface area contributed by atoms with Gasteiger partial charge in [0.05, 0.1) is 0 Å². The molecule has 94 valence electrons. The molecule has 1 N–H and O–H groups in total. The van der Waals surface area contributed by atoms with Crippen LogP contribution in [0, 0.1) is 11.7 Å². The van der Waals surface area contributed by atoms with Crippen molar-refractivity contribution in [2.24, 2.45) is 5.92 Å². The molecule has 3 heteroatoms. The van der Waals surface area contributed by atoms with Crippen molar-refractivity contribution in [1.82, 2.24) is 5.32 Å². The first-order chi connectivity index (χ1) is 8.20. The van der Waals surface area contributed by atoms with Crippen LogP contribution in [0.4, 0.5) is 4.39 Å². The molecule has 0 aliphatic heterocycles. The van der Waals surface area contributed by atoms with Gasteiger partial charge in [0.2, 0.25) is 0 Å². The average Bonchev–Trinajstić information content (AvgIpc) is 3.12. The molecular formula is C14H19BrFN. The zero-order valence-electron chi connectivity index (χ0n) is 10.2. The second-order valence-electron chi connectivity index (χ2n) is 4.78. The Balaban J connectivity index is 1.93. The second-order valence-corrected chi connectivity index (χ2v) is 5.63. The van der Waals surface area contributed by atoms with E-state index in [2.05, 4.69) is 28.2 Å². The van der Waals surface area contributed by atoms with Gasteiger partial charge in [-0.05, 0) is 61.9 Å². The molecule has 1 saturated carbocycles. The van der Waals surface area contributed by atoms with Crippen molar-refractivity contribution in [2.75, 3.05) is 6.54 Å². The third-order valence-corrected chi connectivity index (χ3v) is 4.16. The van der Waals surface area contributed by atoms with E-state index in [-0.39, 0.29) is 5.82 Å². The van der Waals surface area contributed by atoms with Crippen LogP contribution in [0.25, 0.3) is 0 Å². The number of hydrogen-bond donors (Lipinski definition) is 1. The molecule has 1 aromatic carbocycles. The van der Waals surface area contributed by atoms with Crippen LogP contribution in [-0.2, 0) is 6.42 Å². The Kier molecular flexibility index (Phi) is 4.57. The van der Waals surface area contributed by atoms with E-state index >= 15 is 0 Å². The lowest BCUT2D eigenvalue weighted by Crippen LogP contribution is -2.31. The van der Waals surface area contributed by atoms with Crippen LogP contribution < -0.4 is 5.32 Å². The third-order valence-electron chi connectivity index (χ3n) is 3.39. The zero-order chi connectivity index (χ0) is 12.3. The van der Waals surface area contributed by atoms with Crippen LogP contribution in [0.3, 0.4) is 0 Å². The lowest BCUT2D eigenvalue weighted by Gasteiger charge is -2.17.